The number of hydrogen-bond donors (Lipinski definition) is 1. The van der Waals surface area contributed by atoms with Crippen LogP contribution in [0.2, 0.25) is 0 Å². The van der Waals surface area contributed by atoms with Gasteiger partial charge in [-0.15, -0.1) is 0 Å². The van der Waals surface area contributed by atoms with Gasteiger partial charge in [-0.3, -0.25) is 0 Å². The normalized spacial score (nSPS) is 17.6. The van der Waals surface area contributed by atoms with Gasteiger partial charge in [-0.25, -0.2) is 8.42 Å². The van der Waals surface area contributed by atoms with Crippen molar-refractivity contribution in [1.29, 1.82) is 0 Å². The van der Waals surface area contributed by atoms with E-state index in [1.807, 2.05) is 26.0 Å². The van der Waals surface area contributed by atoms with E-state index in [0.29, 0.717) is 24.5 Å². The van der Waals surface area contributed by atoms with Crippen LogP contribution in [0.5, 0.6) is 0 Å². The lowest BCUT2D eigenvalue weighted by Crippen LogP contribution is -2.32. The lowest BCUT2D eigenvalue weighted by atomic mass is 10.1. The molecule has 0 saturated carbocycles. The Labute approximate surface area is 128 Å². The van der Waals surface area contributed by atoms with Crippen LogP contribution in [0.3, 0.4) is 0 Å². The predicted octanol–water partition coefficient (Wildman–Crippen LogP) is 2.67. The third-order valence-electron chi connectivity index (χ3n) is 4.09. The predicted molar refractivity (Wildman–Crippen MR) is 85.8 cm³/mol. The van der Waals surface area contributed by atoms with E-state index in [9.17, 15) is 8.42 Å². The third-order valence-corrected chi connectivity index (χ3v) is 5.98. The number of nitrogens with zero attached hydrogens (tertiary/aromatic N) is 1. The fourth-order valence-corrected chi connectivity index (χ4v) is 4.26. The summed E-state index contributed by atoms with van der Waals surface area (Å²) in [5, 5.41) is 3.27. The Morgan fingerprint density at radius 3 is 2.43 bits per heavy atom. The first-order valence-electron chi connectivity index (χ1n) is 7.86. The molecule has 1 aliphatic rings. The summed E-state index contributed by atoms with van der Waals surface area (Å²) in [5.41, 5.74) is 2.19. The van der Waals surface area contributed by atoms with Crippen molar-refractivity contribution < 1.29 is 8.42 Å². The summed E-state index contributed by atoms with van der Waals surface area (Å²) in [6, 6.07) is 5.49. The first-order chi connectivity index (χ1) is 10.1. The van der Waals surface area contributed by atoms with Gasteiger partial charge >= 0.3 is 0 Å². The molecule has 0 amide bonds. The molecule has 0 radical (unpaired) electrons. The average molecular weight is 310 g/mol. The minimum atomic E-state index is -3.34. The number of sulfonamides is 1. The zero-order valence-electron chi connectivity index (χ0n) is 13.1. The highest BCUT2D eigenvalue weighted by Crippen LogP contribution is 2.22. The maximum absolute atomic E-state index is 12.8. The molecule has 1 heterocycles. The van der Waals surface area contributed by atoms with Gasteiger partial charge in [0.15, 0.2) is 0 Å². The molecule has 1 fully saturated rings. The molecule has 0 unspecified atom stereocenters. The van der Waals surface area contributed by atoms with Crippen LogP contribution in [0.4, 0.5) is 0 Å². The molecular formula is C16H26N2O2S. The third kappa shape index (κ3) is 4.05. The Hall–Kier alpha value is -0.910. The number of nitrogens with one attached hydrogen (secondary N) is 1. The highest BCUT2D eigenvalue weighted by molar-refractivity contribution is 7.89. The van der Waals surface area contributed by atoms with Gasteiger partial charge < -0.3 is 5.32 Å². The van der Waals surface area contributed by atoms with Crippen LogP contribution in [-0.2, 0) is 16.6 Å². The quantitative estimate of drug-likeness (QED) is 0.909. The van der Waals surface area contributed by atoms with E-state index in [-0.39, 0.29) is 0 Å². The standard InChI is InChI=1S/C16H26N2O2S/c1-3-17-13-15-12-16(9-8-14(15)2)21(19,20)18-10-6-4-5-7-11-18/h8-9,12,17H,3-7,10-11,13H2,1-2H3. The van der Waals surface area contributed by atoms with E-state index in [0.717, 1.165) is 43.4 Å². The van der Waals surface area contributed by atoms with Crippen LogP contribution in [0.15, 0.2) is 23.1 Å². The molecule has 21 heavy (non-hydrogen) atoms. The summed E-state index contributed by atoms with van der Waals surface area (Å²) in [6.45, 7) is 6.97. The molecular weight excluding hydrogens is 284 g/mol. The first-order valence-corrected chi connectivity index (χ1v) is 9.30. The van der Waals surface area contributed by atoms with Crippen molar-refractivity contribution in [3.8, 4) is 0 Å². The van der Waals surface area contributed by atoms with E-state index in [1.54, 1.807) is 10.4 Å². The smallest absolute Gasteiger partial charge is 0.243 e. The maximum atomic E-state index is 12.8. The van der Waals surface area contributed by atoms with E-state index in [1.165, 1.54) is 0 Å². The summed E-state index contributed by atoms with van der Waals surface area (Å²) in [5.74, 6) is 0. The average Bonchev–Trinajstić information content (AvgIpc) is 2.75. The second-order valence-corrected chi connectivity index (χ2v) is 7.62. The highest BCUT2D eigenvalue weighted by Gasteiger charge is 2.25. The van der Waals surface area contributed by atoms with Gasteiger partial charge in [0.1, 0.15) is 0 Å². The molecule has 1 aromatic rings. The zero-order valence-corrected chi connectivity index (χ0v) is 13.9. The minimum Gasteiger partial charge on any atom is -0.313 e. The lowest BCUT2D eigenvalue weighted by molar-refractivity contribution is 0.423. The van der Waals surface area contributed by atoms with Gasteiger partial charge in [-0.2, -0.15) is 4.31 Å². The van der Waals surface area contributed by atoms with Crippen molar-refractivity contribution in [1.82, 2.24) is 9.62 Å². The molecule has 1 saturated heterocycles. The van der Waals surface area contributed by atoms with E-state index in [2.05, 4.69) is 5.32 Å². The number of benzene rings is 1. The number of aryl methyl sites for hydroxylation is 1. The molecule has 5 heteroatoms. The minimum absolute atomic E-state index is 0.433. The molecule has 0 atom stereocenters. The van der Waals surface area contributed by atoms with Crippen molar-refractivity contribution >= 4 is 10.0 Å². The van der Waals surface area contributed by atoms with Crippen LogP contribution in [-0.4, -0.2) is 32.4 Å². The molecule has 1 N–H and O–H groups in total. The molecule has 0 aromatic heterocycles. The van der Waals surface area contributed by atoms with E-state index in [4.69, 9.17) is 0 Å². The topological polar surface area (TPSA) is 49.4 Å². The number of hydrogen-bond acceptors (Lipinski definition) is 3. The fraction of sp³-hybridized carbons (Fsp3) is 0.625. The Balaban J connectivity index is 2.26. The van der Waals surface area contributed by atoms with Gasteiger partial charge in [-0.1, -0.05) is 25.8 Å². The van der Waals surface area contributed by atoms with Gasteiger partial charge in [0.05, 0.1) is 4.90 Å². The maximum Gasteiger partial charge on any atom is 0.243 e. The van der Waals surface area contributed by atoms with Crippen LogP contribution in [0.1, 0.15) is 43.7 Å². The SMILES string of the molecule is CCNCc1cc(S(=O)(=O)N2CCCCCC2)ccc1C. The monoisotopic (exact) mass is 310 g/mol. The summed E-state index contributed by atoms with van der Waals surface area (Å²) < 4.78 is 27.2. The summed E-state index contributed by atoms with van der Waals surface area (Å²) in [4.78, 5) is 0.433. The first kappa shape index (κ1) is 16.5. The van der Waals surface area contributed by atoms with Gasteiger partial charge in [0, 0.05) is 19.6 Å². The Bertz CT molecular complexity index is 562. The van der Waals surface area contributed by atoms with Gasteiger partial charge in [-0.05, 0) is 49.6 Å². The molecule has 1 aliphatic heterocycles. The number of rotatable bonds is 5. The second kappa shape index (κ2) is 7.38. The van der Waals surface area contributed by atoms with Crippen LogP contribution < -0.4 is 5.32 Å². The molecule has 0 spiro atoms. The summed E-state index contributed by atoms with van der Waals surface area (Å²) in [7, 11) is -3.34. The van der Waals surface area contributed by atoms with Gasteiger partial charge in [0.2, 0.25) is 10.0 Å². The van der Waals surface area contributed by atoms with Crippen molar-refractivity contribution in [2.75, 3.05) is 19.6 Å². The summed E-state index contributed by atoms with van der Waals surface area (Å²) >= 11 is 0. The molecule has 0 bridgehead atoms. The Morgan fingerprint density at radius 1 is 1.14 bits per heavy atom. The largest absolute Gasteiger partial charge is 0.313 e. The summed E-state index contributed by atoms with van der Waals surface area (Å²) in [6.07, 6.45) is 4.20. The fourth-order valence-electron chi connectivity index (χ4n) is 2.69. The van der Waals surface area contributed by atoms with Crippen LogP contribution in [0.25, 0.3) is 0 Å². The Kier molecular flexibility index (Phi) is 5.79. The van der Waals surface area contributed by atoms with Crippen molar-refractivity contribution in [2.45, 2.75) is 51.0 Å². The molecule has 118 valence electrons. The highest BCUT2D eigenvalue weighted by atomic mass is 32.2. The zero-order chi connectivity index (χ0) is 15.3. The van der Waals surface area contributed by atoms with Gasteiger partial charge in [0.25, 0.3) is 0 Å². The van der Waals surface area contributed by atoms with Crippen molar-refractivity contribution in [3.05, 3.63) is 29.3 Å². The van der Waals surface area contributed by atoms with E-state index >= 15 is 0 Å². The van der Waals surface area contributed by atoms with Crippen LogP contribution >= 0.6 is 0 Å². The Morgan fingerprint density at radius 2 is 1.81 bits per heavy atom. The second-order valence-electron chi connectivity index (χ2n) is 5.69. The molecule has 2 rings (SSSR count). The van der Waals surface area contributed by atoms with Crippen molar-refractivity contribution in [2.24, 2.45) is 0 Å². The van der Waals surface area contributed by atoms with Crippen molar-refractivity contribution in [3.63, 3.8) is 0 Å². The molecule has 4 nitrogen and oxygen atoms in total. The molecule has 1 aromatic carbocycles. The van der Waals surface area contributed by atoms with Crippen LogP contribution in [0, 0.1) is 6.92 Å². The van der Waals surface area contributed by atoms with E-state index < -0.39 is 10.0 Å². The lowest BCUT2D eigenvalue weighted by Gasteiger charge is -2.20. The molecule has 0 aliphatic carbocycles.